The fourth-order valence-electron chi connectivity index (χ4n) is 3.83. The van der Waals surface area contributed by atoms with Crippen LogP contribution in [0.1, 0.15) is 24.6 Å². The maximum atomic E-state index is 13.5. The van der Waals surface area contributed by atoms with Gasteiger partial charge in [-0.3, -0.25) is 9.59 Å². The quantitative estimate of drug-likeness (QED) is 0.738. The Kier molecular flexibility index (Phi) is 4.98. The zero-order valence-electron chi connectivity index (χ0n) is 16.5. The van der Waals surface area contributed by atoms with Crippen molar-refractivity contribution in [2.24, 2.45) is 5.92 Å². The van der Waals surface area contributed by atoms with Crippen LogP contribution in [-0.2, 0) is 9.59 Å². The Labute approximate surface area is 169 Å². The van der Waals surface area contributed by atoms with E-state index in [0.29, 0.717) is 22.9 Å². The summed E-state index contributed by atoms with van der Waals surface area (Å²) >= 11 is 1.51. The van der Waals surface area contributed by atoms with Gasteiger partial charge < -0.3 is 9.80 Å². The van der Waals surface area contributed by atoms with Crippen molar-refractivity contribution in [3.8, 4) is 0 Å². The number of nitrogens with zero attached hydrogens (tertiary/aromatic N) is 3. The molecule has 0 bridgehead atoms. The van der Waals surface area contributed by atoms with Crippen molar-refractivity contribution in [2.45, 2.75) is 19.8 Å². The van der Waals surface area contributed by atoms with Crippen LogP contribution in [0, 0.1) is 5.92 Å². The fraction of sp³-hybridized carbons (Fsp3) is 0.364. The highest BCUT2D eigenvalue weighted by Gasteiger charge is 2.43. The molecule has 2 amide bonds. The molecule has 3 heterocycles. The predicted octanol–water partition coefficient (Wildman–Crippen LogP) is 3.83. The van der Waals surface area contributed by atoms with Crippen molar-refractivity contribution in [2.75, 3.05) is 37.0 Å². The number of carbonyl (C=O) groups is 2. The second-order valence-corrected chi connectivity index (χ2v) is 8.68. The van der Waals surface area contributed by atoms with E-state index >= 15 is 0 Å². The summed E-state index contributed by atoms with van der Waals surface area (Å²) in [6.45, 7) is 3.87. The number of imide groups is 1. The zero-order chi connectivity index (χ0) is 19.8. The molecule has 4 rings (SSSR count). The van der Waals surface area contributed by atoms with E-state index in [0.717, 1.165) is 36.5 Å². The van der Waals surface area contributed by atoms with Gasteiger partial charge in [0.25, 0.3) is 11.8 Å². The minimum Gasteiger partial charge on any atom is -0.378 e. The first-order chi connectivity index (χ1) is 13.5. The van der Waals surface area contributed by atoms with E-state index in [1.807, 2.05) is 60.8 Å². The van der Waals surface area contributed by atoms with Gasteiger partial charge in [-0.2, -0.15) is 0 Å². The predicted molar refractivity (Wildman–Crippen MR) is 114 cm³/mol. The number of rotatable bonds is 4. The van der Waals surface area contributed by atoms with Crippen molar-refractivity contribution in [1.29, 1.82) is 0 Å². The van der Waals surface area contributed by atoms with Crippen LogP contribution < -0.4 is 9.80 Å². The summed E-state index contributed by atoms with van der Waals surface area (Å²) in [5.74, 6) is 0.220. The summed E-state index contributed by atoms with van der Waals surface area (Å²) in [4.78, 5) is 33.2. The molecule has 0 spiro atoms. The summed E-state index contributed by atoms with van der Waals surface area (Å²) in [5.41, 5.74) is 2.69. The summed E-state index contributed by atoms with van der Waals surface area (Å²) in [6.07, 6.45) is 2.08. The Bertz CT molecular complexity index is 925. The topological polar surface area (TPSA) is 43.9 Å². The van der Waals surface area contributed by atoms with E-state index in [9.17, 15) is 9.59 Å². The van der Waals surface area contributed by atoms with Gasteiger partial charge in [0.1, 0.15) is 5.70 Å². The lowest BCUT2D eigenvalue weighted by Crippen LogP contribution is -2.38. The number of anilines is 2. The van der Waals surface area contributed by atoms with Crippen LogP contribution in [-0.4, -0.2) is 43.9 Å². The minimum absolute atomic E-state index is 0.209. The lowest BCUT2D eigenvalue weighted by atomic mass is 9.98. The molecule has 146 valence electrons. The summed E-state index contributed by atoms with van der Waals surface area (Å²) in [5, 5.41) is 1.95. The molecule has 28 heavy (non-hydrogen) atoms. The van der Waals surface area contributed by atoms with Crippen LogP contribution in [0.25, 0.3) is 5.57 Å². The SMILES string of the molecule is CC1CCN(C2=C(c3cccs3)C(=O)N(c3cccc(N(C)C)c3)C2=O)CC1. The molecule has 5 nitrogen and oxygen atoms in total. The monoisotopic (exact) mass is 395 g/mol. The molecule has 2 aliphatic rings. The number of benzene rings is 1. The third-order valence-electron chi connectivity index (χ3n) is 5.53. The molecule has 1 aromatic heterocycles. The van der Waals surface area contributed by atoms with Gasteiger partial charge in [-0.25, -0.2) is 4.90 Å². The Hall–Kier alpha value is -2.60. The van der Waals surface area contributed by atoms with Crippen LogP contribution in [0.4, 0.5) is 11.4 Å². The van der Waals surface area contributed by atoms with Gasteiger partial charge in [-0.05, 0) is 48.4 Å². The van der Waals surface area contributed by atoms with Gasteiger partial charge in [0.2, 0.25) is 0 Å². The Balaban J connectivity index is 1.77. The molecule has 2 aliphatic heterocycles. The third-order valence-corrected chi connectivity index (χ3v) is 6.42. The molecule has 0 atom stereocenters. The molecule has 0 unspecified atom stereocenters. The van der Waals surface area contributed by atoms with Crippen molar-refractivity contribution in [1.82, 2.24) is 4.90 Å². The summed E-state index contributed by atoms with van der Waals surface area (Å²) in [6, 6.07) is 11.4. The second kappa shape index (κ2) is 7.43. The standard InChI is InChI=1S/C22H25N3O2S/c1-15-9-11-24(12-10-15)20-19(18-8-5-13-28-18)21(26)25(22(20)27)17-7-4-6-16(14-17)23(2)3/h4-8,13-15H,9-12H2,1-3H3. The van der Waals surface area contributed by atoms with Crippen LogP contribution >= 0.6 is 11.3 Å². The lowest BCUT2D eigenvalue weighted by molar-refractivity contribution is -0.120. The minimum atomic E-state index is -0.225. The number of amides is 2. The third kappa shape index (κ3) is 3.22. The highest BCUT2D eigenvalue weighted by atomic mass is 32.1. The molecule has 1 fully saturated rings. The van der Waals surface area contributed by atoms with Gasteiger partial charge >= 0.3 is 0 Å². The van der Waals surface area contributed by atoms with Crippen LogP contribution in [0.15, 0.2) is 47.5 Å². The maximum absolute atomic E-state index is 13.5. The highest BCUT2D eigenvalue weighted by Crippen LogP contribution is 2.38. The van der Waals surface area contributed by atoms with Gasteiger partial charge in [0, 0.05) is 37.7 Å². The van der Waals surface area contributed by atoms with Crippen molar-refractivity contribution in [3.05, 3.63) is 52.4 Å². The van der Waals surface area contributed by atoms with E-state index in [1.54, 1.807) is 0 Å². The first kappa shape index (κ1) is 18.7. The molecular formula is C22H25N3O2S. The van der Waals surface area contributed by atoms with Crippen LogP contribution in [0.5, 0.6) is 0 Å². The fourth-order valence-corrected chi connectivity index (χ4v) is 4.59. The Morgan fingerprint density at radius 1 is 1.04 bits per heavy atom. The van der Waals surface area contributed by atoms with E-state index in [1.165, 1.54) is 16.2 Å². The van der Waals surface area contributed by atoms with Gasteiger partial charge in [-0.1, -0.05) is 19.1 Å². The van der Waals surface area contributed by atoms with Crippen LogP contribution in [0.2, 0.25) is 0 Å². The van der Waals surface area contributed by atoms with E-state index in [4.69, 9.17) is 0 Å². The van der Waals surface area contributed by atoms with Gasteiger partial charge in [-0.15, -0.1) is 11.3 Å². The van der Waals surface area contributed by atoms with Gasteiger partial charge in [0.15, 0.2) is 0 Å². The first-order valence-electron chi connectivity index (χ1n) is 9.66. The second-order valence-electron chi connectivity index (χ2n) is 7.73. The average molecular weight is 396 g/mol. The Morgan fingerprint density at radius 2 is 1.79 bits per heavy atom. The molecule has 0 aliphatic carbocycles. The van der Waals surface area contributed by atoms with Crippen molar-refractivity contribution >= 4 is 40.1 Å². The molecular weight excluding hydrogens is 370 g/mol. The van der Waals surface area contributed by atoms with E-state index < -0.39 is 0 Å². The molecule has 2 aromatic rings. The highest BCUT2D eigenvalue weighted by molar-refractivity contribution is 7.11. The molecule has 1 aromatic carbocycles. The molecule has 0 saturated carbocycles. The van der Waals surface area contributed by atoms with Crippen molar-refractivity contribution in [3.63, 3.8) is 0 Å². The smallest absolute Gasteiger partial charge is 0.282 e. The van der Waals surface area contributed by atoms with E-state index in [-0.39, 0.29) is 11.8 Å². The molecule has 0 N–H and O–H groups in total. The van der Waals surface area contributed by atoms with E-state index in [2.05, 4.69) is 11.8 Å². The largest absolute Gasteiger partial charge is 0.378 e. The number of hydrogen-bond donors (Lipinski definition) is 0. The number of carbonyl (C=O) groups excluding carboxylic acids is 2. The molecule has 0 radical (unpaired) electrons. The first-order valence-corrected chi connectivity index (χ1v) is 10.5. The van der Waals surface area contributed by atoms with Crippen molar-refractivity contribution < 1.29 is 9.59 Å². The number of likely N-dealkylation sites (tertiary alicyclic amines) is 1. The van der Waals surface area contributed by atoms with Crippen LogP contribution in [0.3, 0.4) is 0 Å². The van der Waals surface area contributed by atoms with Gasteiger partial charge in [0.05, 0.1) is 11.3 Å². The summed E-state index contributed by atoms with van der Waals surface area (Å²) < 4.78 is 0. The molecule has 1 saturated heterocycles. The summed E-state index contributed by atoms with van der Waals surface area (Å²) in [7, 11) is 3.89. The maximum Gasteiger partial charge on any atom is 0.282 e. The number of hydrogen-bond acceptors (Lipinski definition) is 5. The normalized spacial score (nSPS) is 18.4. The molecule has 6 heteroatoms. The lowest BCUT2D eigenvalue weighted by Gasteiger charge is -2.32. The zero-order valence-corrected chi connectivity index (χ0v) is 17.3. The number of piperidine rings is 1. The number of thiophene rings is 1. The average Bonchev–Trinajstić information content (AvgIpc) is 3.29. The Morgan fingerprint density at radius 3 is 2.43 bits per heavy atom.